The molecule has 3 rings (SSSR count). The second-order valence-electron chi connectivity index (χ2n) is 5.65. The molecule has 1 aliphatic rings. The molecule has 1 atom stereocenters. The highest BCUT2D eigenvalue weighted by atomic mass is 16.5. The van der Waals surface area contributed by atoms with Crippen LogP contribution < -0.4 is 0 Å². The van der Waals surface area contributed by atoms with Crippen LogP contribution in [0.4, 0.5) is 0 Å². The molecular formula is C16H22N4O2. The molecule has 1 fully saturated rings. The molecule has 6 heteroatoms. The number of aryl methyl sites for hydroxylation is 3. The molecule has 0 N–H and O–H groups in total. The maximum absolute atomic E-state index is 12.9. The quantitative estimate of drug-likeness (QED) is 0.871. The molecule has 3 heterocycles. The molecule has 0 aliphatic carbocycles. The normalized spacial score (nSPS) is 18.1. The number of hydrogen-bond donors (Lipinski definition) is 0. The molecule has 22 heavy (non-hydrogen) atoms. The van der Waals surface area contributed by atoms with E-state index in [0.29, 0.717) is 12.2 Å². The Bertz CT molecular complexity index is 673. The fourth-order valence-corrected chi connectivity index (χ4v) is 3.33. The molecule has 6 nitrogen and oxygen atoms in total. The zero-order chi connectivity index (χ0) is 15.7. The lowest BCUT2D eigenvalue weighted by atomic mass is 10.0. The summed E-state index contributed by atoms with van der Waals surface area (Å²) in [6.45, 7) is 7.46. The van der Waals surface area contributed by atoms with E-state index < -0.39 is 0 Å². The monoisotopic (exact) mass is 302 g/mol. The Morgan fingerprint density at radius 2 is 2.27 bits per heavy atom. The summed E-state index contributed by atoms with van der Waals surface area (Å²) >= 11 is 0. The molecule has 1 amide bonds. The summed E-state index contributed by atoms with van der Waals surface area (Å²) in [5.74, 6) is 0.940. The van der Waals surface area contributed by atoms with Crippen LogP contribution in [-0.2, 0) is 13.0 Å². The summed E-state index contributed by atoms with van der Waals surface area (Å²) in [6, 6.07) is 1.86. The van der Waals surface area contributed by atoms with E-state index in [2.05, 4.69) is 17.2 Å². The number of likely N-dealkylation sites (tertiary alicyclic amines) is 1. The average molecular weight is 302 g/mol. The van der Waals surface area contributed by atoms with Crippen molar-refractivity contribution in [3.05, 3.63) is 35.0 Å². The molecule has 2 aromatic rings. The second kappa shape index (κ2) is 5.94. The predicted octanol–water partition coefficient (Wildman–Crippen LogP) is 2.74. The Labute approximate surface area is 130 Å². The first-order valence-electron chi connectivity index (χ1n) is 7.95. The highest BCUT2D eigenvalue weighted by Crippen LogP contribution is 2.36. The van der Waals surface area contributed by atoms with Crippen LogP contribution in [-0.4, -0.2) is 32.3 Å². The number of amides is 1. The first-order valence-corrected chi connectivity index (χ1v) is 7.95. The topological polar surface area (TPSA) is 64.2 Å². The Hall–Kier alpha value is -2.11. The van der Waals surface area contributed by atoms with Gasteiger partial charge in [-0.15, -0.1) is 0 Å². The van der Waals surface area contributed by atoms with Gasteiger partial charge in [0.1, 0.15) is 11.5 Å². The summed E-state index contributed by atoms with van der Waals surface area (Å²) in [7, 11) is 0. The van der Waals surface area contributed by atoms with E-state index in [9.17, 15) is 4.79 Å². The first kappa shape index (κ1) is 14.8. The van der Waals surface area contributed by atoms with Gasteiger partial charge in [-0.2, -0.15) is 5.10 Å². The van der Waals surface area contributed by atoms with E-state index in [1.54, 1.807) is 16.9 Å². The van der Waals surface area contributed by atoms with E-state index in [4.69, 9.17) is 4.52 Å². The number of aromatic nitrogens is 3. The second-order valence-corrected chi connectivity index (χ2v) is 5.65. The highest BCUT2D eigenvalue weighted by Gasteiger charge is 2.35. The molecule has 0 saturated carbocycles. The van der Waals surface area contributed by atoms with Gasteiger partial charge in [-0.1, -0.05) is 12.1 Å². The summed E-state index contributed by atoms with van der Waals surface area (Å²) < 4.78 is 7.16. The Morgan fingerprint density at radius 3 is 3.00 bits per heavy atom. The molecule has 2 aromatic heterocycles. The number of carbonyl (C=O) groups excluding carboxylic acids is 1. The third-order valence-corrected chi connectivity index (χ3v) is 4.39. The van der Waals surface area contributed by atoms with Crippen molar-refractivity contribution in [3.63, 3.8) is 0 Å². The van der Waals surface area contributed by atoms with Crippen molar-refractivity contribution in [2.45, 2.75) is 52.6 Å². The van der Waals surface area contributed by atoms with Gasteiger partial charge in [0.25, 0.3) is 5.91 Å². The van der Waals surface area contributed by atoms with Crippen LogP contribution >= 0.6 is 0 Å². The number of nitrogens with zero attached hydrogens (tertiary/aromatic N) is 4. The Balaban J connectivity index is 1.93. The van der Waals surface area contributed by atoms with E-state index in [1.165, 1.54) is 0 Å². The SMILES string of the molecule is CCc1onc(C)c1[C@@H]1CCCN1C(=O)c1ccnn1CC. The number of carbonyl (C=O) groups is 1. The fourth-order valence-electron chi connectivity index (χ4n) is 3.33. The van der Waals surface area contributed by atoms with Gasteiger partial charge < -0.3 is 9.42 Å². The van der Waals surface area contributed by atoms with Gasteiger partial charge in [-0.25, -0.2) is 0 Å². The minimum Gasteiger partial charge on any atom is -0.361 e. The van der Waals surface area contributed by atoms with Crippen LogP contribution in [0.25, 0.3) is 0 Å². The Kier molecular flexibility index (Phi) is 4.00. The molecule has 0 radical (unpaired) electrons. The van der Waals surface area contributed by atoms with Crippen LogP contribution in [0.5, 0.6) is 0 Å². The van der Waals surface area contributed by atoms with Crippen LogP contribution in [0.3, 0.4) is 0 Å². The van der Waals surface area contributed by atoms with Gasteiger partial charge in [0.2, 0.25) is 0 Å². The minimum atomic E-state index is 0.0458. The average Bonchev–Trinajstić information content (AvgIpc) is 3.24. The van der Waals surface area contributed by atoms with Gasteiger partial charge in [0.05, 0.1) is 11.7 Å². The van der Waals surface area contributed by atoms with E-state index in [0.717, 1.165) is 42.8 Å². The lowest BCUT2D eigenvalue weighted by molar-refractivity contribution is 0.0722. The van der Waals surface area contributed by atoms with Gasteiger partial charge in [0, 0.05) is 31.3 Å². The van der Waals surface area contributed by atoms with Crippen LogP contribution in [0.1, 0.15) is 60.2 Å². The molecule has 0 bridgehead atoms. The van der Waals surface area contributed by atoms with E-state index in [1.807, 2.05) is 18.7 Å². The lowest BCUT2D eigenvalue weighted by Crippen LogP contribution is -2.32. The standard InChI is InChI=1S/C16H22N4O2/c1-4-14-15(11(3)18-22-14)12-7-6-10-19(12)16(21)13-8-9-17-20(13)5-2/h8-9,12H,4-7,10H2,1-3H3/t12-/m0/s1. The molecule has 1 aliphatic heterocycles. The van der Waals surface area contributed by atoms with Crippen molar-refractivity contribution in [1.29, 1.82) is 0 Å². The van der Waals surface area contributed by atoms with Crippen molar-refractivity contribution in [3.8, 4) is 0 Å². The molecule has 0 unspecified atom stereocenters. The smallest absolute Gasteiger partial charge is 0.272 e. The van der Waals surface area contributed by atoms with Gasteiger partial charge in [0.15, 0.2) is 0 Å². The predicted molar refractivity (Wildman–Crippen MR) is 81.5 cm³/mol. The Morgan fingerprint density at radius 1 is 1.45 bits per heavy atom. The third kappa shape index (κ3) is 2.32. The highest BCUT2D eigenvalue weighted by molar-refractivity contribution is 5.93. The first-order chi connectivity index (χ1) is 10.7. The third-order valence-electron chi connectivity index (χ3n) is 4.39. The maximum Gasteiger partial charge on any atom is 0.272 e. The van der Waals surface area contributed by atoms with Crippen LogP contribution in [0.15, 0.2) is 16.8 Å². The van der Waals surface area contributed by atoms with E-state index in [-0.39, 0.29) is 11.9 Å². The summed E-state index contributed by atoms with van der Waals surface area (Å²) in [6.07, 6.45) is 4.44. The number of hydrogen-bond acceptors (Lipinski definition) is 4. The van der Waals surface area contributed by atoms with Gasteiger partial charge in [-0.3, -0.25) is 9.48 Å². The van der Waals surface area contributed by atoms with Crippen LogP contribution in [0, 0.1) is 6.92 Å². The molecule has 1 saturated heterocycles. The van der Waals surface area contributed by atoms with Crippen molar-refractivity contribution in [2.24, 2.45) is 0 Å². The van der Waals surface area contributed by atoms with Crippen molar-refractivity contribution in [1.82, 2.24) is 19.8 Å². The summed E-state index contributed by atoms with van der Waals surface area (Å²) in [5.41, 5.74) is 2.64. The zero-order valence-electron chi connectivity index (χ0n) is 13.4. The lowest BCUT2D eigenvalue weighted by Gasteiger charge is -2.25. The summed E-state index contributed by atoms with van der Waals surface area (Å²) in [4.78, 5) is 14.9. The zero-order valence-corrected chi connectivity index (χ0v) is 13.4. The van der Waals surface area contributed by atoms with Gasteiger partial charge in [-0.05, 0) is 32.8 Å². The van der Waals surface area contributed by atoms with Crippen molar-refractivity contribution in [2.75, 3.05) is 6.54 Å². The molecule has 0 aromatic carbocycles. The van der Waals surface area contributed by atoms with Crippen molar-refractivity contribution >= 4 is 5.91 Å². The van der Waals surface area contributed by atoms with E-state index >= 15 is 0 Å². The molecule has 0 spiro atoms. The van der Waals surface area contributed by atoms with Gasteiger partial charge >= 0.3 is 0 Å². The largest absolute Gasteiger partial charge is 0.361 e. The maximum atomic E-state index is 12.9. The minimum absolute atomic E-state index is 0.0458. The summed E-state index contributed by atoms with van der Waals surface area (Å²) in [5, 5.41) is 8.30. The van der Waals surface area contributed by atoms with Crippen LogP contribution in [0.2, 0.25) is 0 Å². The number of rotatable bonds is 4. The fraction of sp³-hybridized carbons (Fsp3) is 0.562. The van der Waals surface area contributed by atoms with Crippen molar-refractivity contribution < 1.29 is 9.32 Å². The molecule has 118 valence electrons. The molecular weight excluding hydrogens is 280 g/mol.